The second-order valence-corrected chi connectivity index (χ2v) is 5.44. The SMILES string of the molecule is Cc1ccc2c(c1)nc(CNC(C)c1ccccn1)n2C. The predicted molar refractivity (Wildman–Crippen MR) is 84.9 cm³/mol. The molecule has 0 aliphatic heterocycles. The van der Waals surface area contributed by atoms with E-state index in [1.54, 1.807) is 0 Å². The Bertz CT molecular complexity index is 746. The second-order valence-electron chi connectivity index (χ2n) is 5.44. The highest BCUT2D eigenvalue weighted by Crippen LogP contribution is 2.17. The number of nitrogens with one attached hydrogen (secondary N) is 1. The first-order valence-electron chi connectivity index (χ1n) is 7.21. The maximum absolute atomic E-state index is 4.72. The molecular formula is C17H20N4. The largest absolute Gasteiger partial charge is 0.330 e. The minimum absolute atomic E-state index is 0.202. The molecule has 0 bridgehead atoms. The van der Waals surface area contributed by atoms with Crippen LogP contribution < -0.4 is 5.32 Å². The van der Waals surface area contributed by atoms with Crippen molar-refractivity contribution in [2.45, 2.75) is 26.4 Å². The molecule has 4 nitrogen and oxygen atoms in total. The summed E-state index contributed by atoms with van der Waals surface area (Å²) in [6.07, 6.45) is 1.82. The predicted octanol–water partition coefficient (Wildman–Crippen LogP) is 3.13. The quantitative estimate of drug-likeness (QED) is 0.798. The van der Waals surface area contributed by atoms with Crippen LogP contribution in [-0.2, 0) is 13.6 Å². The van der Waals surface area contributed by atoms with E-state index >= 15 is 0 Å². The Hall–Kier alpha value is -2.20. The number of aryl methyl sites for hydroxylation is 2. The molecule has 0 saturated carbocycles. The van der Waals surface area contributed by atoms with Gasteiger partial charge in [0.15, 0.2) is 0 Å². The van der Waals surface area contributed by atoms with Crippen LogP contribution in [0.15, 0.2) is 42.6 Å². The Balaban J connectivity index is 1.78. The molecule has 1 atom stereocenters. The zero-order valence-corrected chi connectivity index (χ0v) is 12.7. The topological polar surface area (TPSA) is 42.7 Å². The summed E-state index contributed by atoms with van der Waals surface area (Å²) < 4.78 is 2.15. The Morgan fingerprint density at radius 3 is 2.86 bits per heavy atom. The molecule has 21 heavy (non-hydrogen) atoms. The highest BCUT2D eigenvalue weighted by atomic mass is 15.1. The molecule has 0 aliphatic carbocycles. The number of aromatic nitrogens is 3. The first-order valence-corrected chi connectivity index (χ1v) is 7.21. The summed E-state index contributed by atoms with van der Waals surface area (Å²) in [7, 11) is 2.06. The van der Waals surface area contributed by atoms with E-state index in [0.717, 1.165) is 23.6 Å². The number of pyridine rings is 1. The third-order valence-corrected chi connectivity index (χ3v) is 3.83. The molecule has 108 valence electrons. The lowest BCUT2D eigenvalue weighted by atomic mass is 10.2. The minimum Gasteiger partial charge on any atom is -0.330 e. The van der Waals surface area contributed by atoms with Crippen molar-refractivity contribution in [1.82, 2.24) is 19.9 Å². The van der Waals surface area contributed by atoms with Gasteiger partial charge in [-0.3, -0.25) is 4.98 Å². The smallest absolute Gasteiger partial charge is 0.123 e. The molecule has 0 fully saturated rings. The van der Waals surface area contributed by atoms with E-state index in [1.165, 1.54) is 11.1 Å². The minimum atomic E-state index is 0.202. The van der Waals surface area contributed by atoms with Gasteiger partial charge in [-0.1, -0.05) is 12.1 Å². The van der Waals surface area contributed by atoms with Gasteiger partial charge in [0, 0.05) is 19.3 Å². The maximum atomic E-state index is 4.72. The first kappa shape index (κ1) is 13.8. The van der Waals surface area contributed by atoms with Crippen molar-refractivity contribution in [1.29, 1.82) is 0 Å². The van der Waals surface area contributed by atoms with Crippen LogP contribution in [0, 0.1) is 6.92 Å². The molecule has 0 radical (unpaired) electrons. The van der Waals surface area contributed by atoms with Crippen LogP contribution in [-0.4, -0.2) is 14.5 Å². The van der Waals surface area contributed by atoms with Gasteiger partial charge in [0.2, 0.25) is 0 Å². The second kappa shape index (κ2) is 5.66. The summed E-state index contributed by atoms with van der Waals surface area (Å²) in [5.74, 6) is 1.04. The molecule has 2 heterocycles. The lowest BCUT2D eigenvalue weighted by Crippen LogP contribution is -2.20. The number of nitrogens with zero attached hydrogens (tertiary/aromatic N) is 3. The van der Waals surface area contributed by atoms with Crippen LogP contribution >= 0.6 is 0 Å². The summed E-state index contributed by atoms with van der Waals surface area (Å²) in [5, 5.41) is 3.49. The molecule has 2 aromatic heterocycles. The Morgan fingerprint density at radius 2 is 2.10 bits per heavy atom. The monoisotopic (exact) mass is 280 g/mol. The molecule has 0 amide bonds. The number of hydrogen-bond acceptors (Lipinski definition) is 3. The van der Waals surface area contributed by atoms with Gasteiger partial charge in [-0.05, 0) is 43.7 Å². The van der Waals surface area contributed by atoms with E-state index in [-0.39, 0.29) is 6.04 Å². The van der Waals surface area contributed by atoms with Gasteiger partial charge in [-0.25, -0.2) is 4.98 Å². The van der Waals surface area contributed by atoms with Gasteiger partial charge in [-0.15, -0.1) is 0 Å². The first-order chi connectivity index (χ1) is 10.1. The van der Waals surface area contributed by atoms with Gasteiger partial charge >= 0.3 is 0 Å². The standard InChI is InChI=1S/C17H20N4/c1-12-7-8-16-15(10-12)20-17(21(16)3)11-19-13(2)14-6-4-5-9-18-14/h4-10,13,19H,11H2,1-3H3. The highest BCUT2D eigenvalue weighted by Gasteiger charge is 2.10. The molecule has 4 heteroatoms. The molecule has 3 aromatic rings. The van der Waals surface area contributed by atoms with Gasteiger partial charge in [0.05, 0.1) is 23.3 Å². The van der Waals surface area contributed by atoms with E-state index in [2.05, 4.69) is 54.0 Å². The van der Waals surface area contributed by atoms with Crippen molar-refractivity contribution < 1.29 is 0 Å². The Morgan fingerprint density at radius 1 is 1.24 bits per heavy atom. The summed E-state index contributed by atoms with van der Waals surface area (Å²) in [6, 6.07) is 12.6. The fraction of sp³-hybridized carbons (Fsp3) is 0.294. The molecular weight excluding hydrogens is 260 g/mol. The van der Waals surface area contributed by atoms with Gasteiger partial charge in [-0.2, -0.15) is 0 Å². The van der Waals surface area contributed by atoms with E-state index in [4.69, 9.17) is 4.98 Å². The van der Waals surface area contributed by atoms with Crippen LogP contribution in [0.25, 0.3) is 11.0 Å². The molecule has 0 spiro atoms. The zero-order chi connectivity index (χ0) is 14.8. The lowest BCUT2D eigenvalue weighted by molar-refractivity contribution is 0.540. The fourth-order valence-electron chi connectivity index (χ4n) is 2.50. The summed E-state index contributed by atoms with van der Waals surface area (Å²) >= 11 is 0. The Kier molecular flexibility index (Phi) is 3.71. The van der Waals surface area contributed by atoms with Crippen LogP contribution in [0.2, 0.25) is 0 Å². The van der Waals surface area contributed by atoms with Gasteiger partial charge in [0.1, 0.15) is 5.82 Å². The van der Waals surface area contributed by atoms with Gasteiger partial charge < -0.3 is 9.88 Å². The number of imidazole rings is 1. The van der Waals surface area contributed by atoms with Crippen molar-refractivity contribution in [2.24, 2.45) is 7.05 Å². The highest BCUT2D eigenvalue weighted by molar-refractivity contribution is 5.76. The van der Waals surface area contributed by atoms with E-state index < -0.39 is 0 Å². The van der Waals surface area contributed by atoms with Crippen LogP contribution in [0.1, 0.15) is 30.0 Å². The maximum Gasteiger partial charge on any atom is 0.123 e. The summed E-state index contributed by atoms with van der Waals surface area (Å²) in [6.45, 7) is 4.94. The number of rotatable bonds is 4. The van der Waals surface area contributed by atoms with E-state index in [0.29, 0.717) is 0 Å². The lowest BCUT2D eigenvalue weighted by Gasteiger charge is -2.12. The van der Waals surface area contributed by atoms with Gasteiger partial charge in [0.25, 0.3) is 0 Å². The molecule has 3 rings (SSSR count). The fourth-order valence-corrected chi connectivity index (χ4v) is 2.50. The van der Waals surface area contributed by atoms with Crippen molar-refractivity contribution in [3.05, 3.63) is 59.7 Å². The van der Waals surface area contributed by atoms with E-state index in [1.807, 2.05) is 24.4 Å². The van der Waals surface area contributed by atoms with Crippen molar-refractivity contribution >= 4 is 11.0 Å². The van der Waals surface area contributed by atoms with Crippen molar-refractivity contribution in [2.75, 3.05) is 0 Å². The van der Waals surface area contributed by atoms with Crippen LogP contribution in [0.4, 0.5) is 0 Å². The normalized spacial score (nSPS) is 12.7. The van der Waals surface area contributed by atoms with Crippen molar-refractivity contribution in [3.8, 4) is 0 Å². The number of hydrogen-bond donors (Lipinski definition) is 1. The molecule has 1 unspecified atom stereocenters. The number of fused-ring (bicyclic) bond motifs is 1. The average molecular weight is 280 g/mol. The summed E-state index contributed by atoms with van der Waals surface area (Å²) in [5.41, 5.74) is 4.51. The molecule has 0 aliphatic rings. The molecule has 1 N–H and O–H groups in total. The van der Waals surface area contributed by atoms with Crippen LogP contribution in [0.5, 0.6) is 0 Å². The van der Waals surface area contributed by atoms with Crippen molar-refractivity contribution in [3.63, 3.8) is 0 Å². The number of benzene rings is 1. The van der Waals surface area contributed by atoms with Crippen LogP contribution in [0.3, 0.4) is 0 Å². The zero-order valence-electron chi connectivity index (χ0n) is 12.7. The molecule has 1 aromatic carbocycles. The average Bonchev–Trinajstić information content (AvgIpc) is 2.81. The third-order valence-electron chi connectivity index (χ3n) is 3.83. The summed E-state index contributed by atoms with van der Waals surface area (Å²) in [4.78, 5) is 9.10. The molecule has 0 saturated heterocycles. The van der Waals surface area contributed by atoms with E-state index in [9.17, 15) is 0 Å². The third kappa shape index (κ3) is 2.81. The Labute approximate surface area is 124 Å².